The first-order chi connectivity index (χ1) is 7.53. The molecule has 0 amide bonds. The highest BCUT2D eigenvalue weighted by Gasteiger charge is 2.20. The maximum absolute atomic E-state index is 5.77. The second-order valence-electron chi connectivity index (χ2n) is 4.98. The van der Waals surface area contributed by atoms with E-state index in [2.05, 4.69) is 56.1 Å². The van der Waals surface area contributed by atoms with Gasteiger partial charge in [0.05, 0.1) is 5.52 Å². The number of nitrogens with two attached hydrogens (primary N) is 1. The molecule has 0 unspecified atom stereocenters. The molecule has 2 heteroatoms. The molecule has 0 aliphatic carbocycles. The summed E-state index contributed by atoms with van der Waals surface area (Å²) < 4.78 is 0. The molecule has 0 radical (unpaired) electrons. The fourth-order valence-electron chi connectivity index (χ4n) is 1.73. The summed E-state index contributed by atoms with van der Waals surface area (Å²) in [6.45, 7) is 6.94. The molecule has 0 fully saturated rings. The van der Waals surface area contributed by atoms with Gasteiger partial charge in [0, 0.05) is 23.0 Å². The molecule has 0 aliphatic rings. The number of pyridine rings is 1. The molecule has 0 atom stereocenters. The number of aryl methyl sites for hydroxylation is 1. The fraction of sp³-hybridized carbons (Fsp3) is 0.357. The summed E-state index contributed by atoms with van der Waals surface area (Å²) in [5.74, 6) is 0. The number of hydrogen-bond acceptors (Lipinski definition) is 2. The zero-order valence-corrected chi connectivity index (χ0v) is 10.1. The average molecular weight is 214 g/mol. The highest BCUT2D eigenvalue weighted by atomic mass is 14.7. The van der Waals surface area contributed by atoms with Gasteiger partial charge in [-0.3, -0.25) is 4.98 Å². The maximum Gasteiger partial charge on any atom is 0.0705 e. The first-order valence-corrected chi connectivity index (χ1v) is 5.61. The van der Waals surface area contributed by atoms with Crippen molar-refractivity contribution >= 4 is 10.9 Å². The molecule has 2 nitrogen and oxygen atoms in total. The first-order valence-electron chi connectivity index (χ1n) is 5.61. The molecule has 84 valence electrons. The minimum absolute atomic E-state index is 0.0565. The third kappa shape index (κ3) is 1.93. The number of rotatable bonds is 2. The molecule has 0 bridgehead atoms. The van der Waals surface area contributed by atoms with Crippen molar-refractivity contribution in [2.24, 2.45) is 5.73 Å². The normalized spacial score (nSPS) is 12.0. The maximum atomic E-state index is 5.77. The Hall–Kier alpha value is -1.41. The quantitative estimate of drug-likeness (QED) is 0.835. The van der Waals surface area contributed by atoms with E-state index in [0.29, 0.717) is 6.54 Å². The van der Waals surface area contributed by atoms with Gasteiger partial charge in [0.15, 0.2) is 0 Å². The highest BCUT2D eigenvalue weighted by Crippen LogP contribution is 2.23. The van der Waals surface area contributed by atoms with E-state index in [9.17, 15) is 0 Å². The summed E-state index contributed by atoms with van der Waals surface area (Å²) in [7, 11) is 0. The lowest BCUT2D eigenvalue weighted by Gasteiger charge is -2.21. The molecule has 1 aromatic carbocycles. The van der Waals surface area contributed by atoms with Crippen LogP contribution in [0.25, 0.3) is 10.9 Å². The van der Waals surface area contributed by atoms with Crippen molar-refractivity contribution in [3.63, 3.8) is 0 Å². The first kappa shape index (κ1) is 11.1. The van der Waals surface area contributed by atoms with Gasteiger partial charge in [-0.2, -0.15) is 0 Å². The van der Waals surface area contributed by atoms with E-state index < -0.39 is 0 Å². The monoisotopic (exact) mass is 214 g/mol. The smallest absolute Gasteiger partial charge is 0.0705 e. The topological polar surface area (TPSA) is 38.9 Å². The van der Waals surface area contributed by atoms with Crippen LogP contribution in [0.2, 0.25) is 0 Å². The SMILES string of the molecule is Cc1ccc2nc(C(C)(C)CN)ccc2c1. The van der Waals surface area contributed by atoms with Crippen molar-refractivity contribution in [2.75, 3.05) is 6.54 Å². The van der Waals surface area contributed by atoms with Gasteiger partial charge in [-0.05, 0) is 25.1 Å². The average Bonchev–Trinajstić information content (AvgIpc) is 2.28. The minimum Gasteiger partial charge on any atom is -0.330 e. The molecule has 0 spiro atoms. The number of fused-ring (bicyclic) bond motifs is 1. The van der Waals surface area contributed by atoms with E-state index in [1.807, 2.05) is 0 Å². The van der Waals surface area contributed by atoms with Crippen molar-refractivity contribution in [3.05, 3.63) is 41.6 Å². The van der Waals surface area contributed by atoms with Crippen molar-refractivity contribution in [1.82, 2.24) is 4.98 Å². The summed E-state index contributed by atoms with van der Waals surface area (Å²) in [5, 5.41) is 1.19. The molecule has 16 heavy (non-hydrogen) atoms. The lowest BCUT2D eigenvalue weighted by Crippen LogP contribution is -2.29. The van der Waals surface area contributed by atoms with Gasteiger partial charge in [-0.25, -0.2) is 0 Å². The summed E-state index contributed by atoms with van der Waals surface area (Å²) in [6.07, 6.45) is 0. The zero-order valence-electron chi connectivity index (χ0n) is 10.1. The number of nitrogens with zero attached hydrogens (tertiary/aromatic N) is 1. The molecule has 2 rings (SSSR count). The van der Waals surface area contributed by atoms with Crippen LogP contribution in [0, 0.1) is 6.92 Å². The Morgan fingerprint density at radius 2 is 1.94 bits per heavy atom. The fourth-order valence-corrected chi connectivity index (χ4v) is 1.73. The van der Waals surface area contributed by atoms with Gasteiger partial charge < -0.3 is 5.73 Å². The summed E-state index contributed by atoms with van der Waals surface area (Å²) in [5.41, 5.74) is 9.08. The van der Waals surface area contributed by atoms with E-state index >= 15 is 0 Å². The third-order valence-corrected chi connectivity index (χ3v) is 3.05. The summed E-state index contributed by atoms with van der Waals surface area (Å²) >= 11 is 0. The molecule has 1 aromatic heterocycles. The van der Waals surface area contributed by atoms with E-state index in [-0.39, 0.29) is 5.41 Å². The van der Waals surface area contributed by atoms with Gasteiger partial charge in [-0.1, -0.05) is 31.5 Å². The predicted molar refractivity (Wildman–Crippen MR) is 68.6 cm³/mol. The Kier molecular flexibility index (Phi) is 2.68. The second-order valence-corrected chi connectivity index (χ2v) is 4.98. The summed E-state index contributed by atoms with van der Waals surface area (Å²) in [6, 6.07) is 10.5. The number of aromatic nitrogens is 1. The Morgan fingerprint density at radius 3 is 2.62 bits per heavy atom. The van der Waals surface area contributed by atoms with Crippen LogP contribution in [0.5, 0.6) is 0 Å². The van der Waals surface area contributed by atoms with Crippen LogP contribution in [0.15, 0.2) is 30.3 Å². The molecule has 2 N–H and O–H groups in total. The Balaban J connectivity index is 2.57. The summed E-state index contributed by atoms with van der Waals surface area (Å²) in [4.78, 5) is 4.68. The van der Waals surface area contributed by atoms with E-state index in [1.54, 1.807) is 0 Å². The largest absolute Gasteiger partial charge is 0.330 e. The second kappa shape index (κ2) is 3.87. The lowest BCUT2D eigenvalue weighted by molar-refractivity contribution is 0.524. The van der Waals surface area contributed by atoms with Gasteiger partial charge in [0.1, 0.15) is 0 Å². The zero-order chi connectivity index (χ0) is 11.8. The van der Waals surface area contributed by atoms with Crippen molar-refractivity contribution in [2.45, 2.75) is 26.2 Å². The van der Waals surface area contributed by atoms with E-state index in [1.165, 1.54) is 10.9 Å². The van der Waals surface area contributed by atoms with Crippen LogP contribution >= 0.6 is 0 Å². The predicted octanol–water partition coefficient (Wildman–Crippen LogP) is 2.78. The van der Waals surface area contributed by atoms with Crippen LogP contribution in [-0.4, -0.2) is 11.5 Å². The van der Waals surface area contributed by atoms with Crippen LogP contribution in [0.4, 0.5) is 0 Å². The molecule has 0 saturated carbocycles. The minimum atomic E-state index is -0.0565. The molecular weight excluding hydrogens is 196 g/mol. The van der Waals surface area contributed by atoms with Crippen molar-refractivity contribution < 1.29 is 0 Å². The van der Waals surface area contributed by atoms with Crippen molar-refractivity contribution in [1.29, 1.82) is 0 Å². The molecule has 2 aromatic rings. The molecular formula is C14H18N2. The van der Waals surface area contributed by atoms with Crippen LogP contribution in [0.1, 0.15) is 25.1 Å². The van der Waals surface area contributed by atoms with Gasteiger partial charge in [0.2, 0.25) is 0 Å². The Morgan fingerprint density at radius 1 is 1.19 bits per heavy atom. The molecule has 0 saturated heterocycles. The number of benzene rings is 1. The lowest BCUT2D eigenvalue weighted by atomic mass is 9.88. The van der Waals surface area contributed by atoms with Crippen LogP contribution in [0.3, 0.4) is 0 Å². The van der Waals surface area contributed by atoms with E-state index in [0.717, 1.165) is 11.2 Å². The molecule has 1 heterocycles. The van der Waals surface area contributed by atoms with Crippen LogP contribution < -0.4 is 5.73 Å². The highest BCUT2D eigenvalue weighted by molar-refractivity contribution is 5.79. The van der Waals surface area contributed by atoms with Gasteiger partial charge in [-0.15, -0.1) is 0 Å². The van der Waals surface area contributed by atoms with Crippen LogP contribution in [-0.2, 0) is 5.41 Å². The van der Waals surface area contributed by atoms with Crippen molar-refractivity contribution in [3.8, 4) is 0 Å². The Bertz CT molecular complexity index is 515. The standard InChI is InChI=1S/C14H18N2/c1-10-4-6-12-11(8-10)5-7-13(16-12)14(2,3)9-15/h4-8H,9,15H2,1-3H3. The van der Waals surface area contributed by atoms with E-state index in [4.69, 9.17) is 5.73 Å². The number of hydrogen-bond donors (Lipinski definition) is 1. The Labute approximate surface area is 96.5 Å². The molecule has 0 aliphatic heterocycles. The van der Waals surface area contributed by atoms with Gasteiger partial charge in [0.25, 0.3) is 0 Å². The van der Waals surface area contributed by atoms with Gasteiger partial charge >= 0.3 is 0 Å². The third-order valence-electron chi connectivity index (χ3n) is 3.05.